The minimum atomic E-state index is -0.981. The number of fused-ring (bicyclic) bond motifs is 3. The molecule has 2 amide bonds. The van der Waals surface area contributed by atoms with Crippen molar-refractivity contribution in [1.82, 2.24) is 9.88 Å². The Morgan fingerprint density at radius 2 is 1.84 bits per heavy atom. The second kappa shape index (κ2) is 10.2. The Kier molecular flexibility index (Phi) is 6.80. The standard InChI is InChI=1S/C28H26FN3O4S/c1-31-21-7-5-4-6-20(21)25-26(27(34)30-15-17-8-10-18(29)11-9-17)32(24(33)16-37-28(25)31)22-14-19(35-2)12-13-23(22)36-3/h4-14,26H,15-16H2,1-3H3,(H,30,34)/t26-/m0/s1. The maximum absolute atomic E-state index is 14.0. The maximum Gasteiger partial charge on any atom is 0.248 e. The number of amides is 2. The van der Waals surface area contributed by atoms with E-state index in [0.29, 0.717) is 17.2 Å². The number of anilines is 1. The Bertz CT molecular complexity index is 1490. The summed E-state index contributed by atoms with van der Waals surface area (Å²) < 4.78 is 26.5. The van der Waals surface area contributed by atoms with E-state index in [2.05, 4.69) is 5.32 Å². The van der Waals surface area contributed by atoms with Crippen LogP contribution in [0.5, 0.6) is 11.5 Å². The van der Waals surface area contributed by atoms with E-state index in [4.69, 9.17) is 9.47 Å². The predicted octanol–water partition coefficient (Wildman–Crippen LogP) is 4.83. The van der Waals surface area contributed by atoms with Crippen LogP contribution in [0.15, 0.2) is 71.8 Å². The lowest BCUT2D eigenvalue weighted by atomic mass is 10.0. The Hall–Kier alpha value is -3.98. The van der Waals surface area contributed by atoms with E-state index in [1.807, 2.05) is 35.9 Å². The van der Waals surface area contributed by atoms with Crippen molar-refractivity contribution in [3.8, 4) is 11.5 Å². The summed E-state index contributed by atoms with van der Waals surface area (Å²) in [6.45, 7) is 0.181. The molecule has 7 nitrogen and oxygen atoms in total. The van der Waals surface area contributed by atoms with Gasteiger partial charge in [0.25, 0.3) is 0 Å². The molecular formula is C28H26FN3O4S. The van der Waals surface area contributed by atoms with Gasteiger partial charge in [-0.1, -0.05) is 42.1 Å². The van der Waals surface area contributed by atoms with Crippen LogP contribution >= 0.6 is 11.8 Å². The summed E-state index contributed by atoms with van der Waals surface area (Å²) in [5.74, 6) is 0.169. The van der Waals surface area contributed by atoms with Gasteiger partial charge in [-0.15, -0.1) is 0 Å². The number of methoxy groups -OCH3 is 2. The van der Waals surface area contributed by atoms with Gasteiger partial charge in [-0.2, -0.15) is 0 Å². The minimum Gasteiger partial charge on any atom is -0.497 e. The smallest absolute Gasteiger partial charge is 0.248 e. The Balaban J connectivity index is 1.68. The number of benzene rings is 3. The van der Waals surface area contributed by atoms with Crippen LogP contribution in [-0.4, -0.2) is 36.4 Å². The van der Waals surface area contributed by atoms with Crippen LogP contribution < -0.4 is 19.7 Å². The van der Waals surface area contributed by atoms with E-state index in [9.17, 15) is 14.0 Å². The lowest BCUT2D eigenvalue weighted by Gasteiger charge is -2.31. The van der Waals surface area contributed by atoms with Crippen molar-refractivity contribution in [2.75, 3.05) is 24.9 Å². The molecule has 9 heteroatoms. The predicted molar refractivity (Wildman–Crippen MR) is 142 cm³/mol. The average molecular weight is 520 g/mol. The monoisotopic (exact) mass is 519 g/mol. The molecule has 0 unspecified atom stereocenters. The molecule has 2 heterocycles. The second-order valence-electron chi connectivity index (χ2n) is 8.63. The molecule has 1 aliphatic heterocycles. The zero-order chi connectivity index (χ0) is 26.1. The Labute approximate surface area is 218 Å². The van der Waals surface area contributed by atoms with Gasteiger partial charge in [0.1, 0.15) is 23.4 Å². The van der Waals surface area contributed by atoms with Crippen molar-refractivity contribution in [3.05, 3.63) is 83.7 Å². The third kappa shape index (κ3) is 4.51. The number of aromatic nitrogens is 1. The molecule has 0 spiro atoms. The van der Waals surface area contributed by atoms with E-state index >= 15 is 0 Å². The van der Waals surface area contributed by atoms with Gasteiger partial charge in [-0.3, -0.25) is 14.5 Å². The van der Waals surface area contributed by atoms with E-state index in [0.717, 1.165) is 27.1 Å². The fraction of sp³-hybridized carbons (Fsp3) is 0.214. The topological polar surface area (TPSA) is 72.8 Å². The molecule has 4 aromatic rings. The first kappa shape index (κ1) is 24.7. The normalized spacial score (nSPS) is 15.3. The van der Waals surface area contributed by atoms with Crippen molar-refractivity contribution < 1.29 is 23.5 Å². The number of thioether (sulfide) groups is 1. The zero-order valence-electron chi connectivity index (χ0n) is 20.7. The maximum atomic E-state index is 14.0. The van der Waals surface area contributed by atoms with E-state index in [-0.39, 0.29) is 29.9 Å². The first-order chi connectivity index (χ1) is 17.9. The number of halogens is 1. The highest BCUT2D eigenvalue weighted by Crippen LogP contribution is 2.46. The van der Waals surface area contributed by atoms with Crippen molar-refractivity contribution in [3.63, 3.8) is 0 Å². The van der Waals surface area contributed by atoms with Crippen molar-refractivity contribution >= 4 is 40.2 Å². The number of aryl methyl sites for hydroxylation is 1. The van der Waals surface area contributed by atoms with Gasteiger partial charge in [0, 0.05) is 36.1 Å². The van der Waals surface area contributed by atoms with Gasteiger partial charge in [0.05, 0.1) is 30.7 Å². The summed E-state index contributed by atoms with van der Waals surface area (Å²) in [6.07, 6.45) is 0. The summed E-state index contributed by atoms with van der Waals surface area (Å²) in [7, 11) is 5.00. The number of hydrogen-bond donors (Lipinski definition) is 1. The molecule has 3 aromatic carbocycles. The fourth-order valence-electron chi connectivity index (χ4n) is 4.71. The minimum absolute atomic E-state index is 0.138. The number of hydrogen-bond acceptors (Lipinski definition) is 5. The Morgan fingerprint density at radius 3 is 2.57 bits per heavy atom. The van der Waals surface area contributed by atoms with E-state index in [1.54, 1.807) is 37.4 Å². The average Bonchev–Trinajstić information content (AvgIpc) is 3.10. The number of ether oxygens (including phenoxy) is 2. The molecule has 1 aromatic heterocycles. The molecule has 0 aliphatic carbocycles. The van der Waals surface area contributed by atoms with Crippen molar-refractivity contribution in [2.45, 2.75) is 17.6 Å². The highest BCUT2D eigenvalue weighted by molar-refractivity contribution is 8.00. The molecule has 1 atom stereocenters. The van der Waals surface area contributed by atoms with Gasteiger partial charge >= 0.3 is 0 Å². The number of nitrogens with zero attached hydrogens (tertiary/aromatic N) is 2. The van der Waals surface area contributed by atoms with Gasteiger partial charge in [-0.05, 0) is 35.9 Å². The van der Waals surface area contributed by atoms with Crippen LogP contribution in [0.25, 0.3) is 10.9 Å². The molecule has 0 radical (unpaired) electrons. The van der Waals surface area contributed by atoms with Crippen LogP contribution in [0.2, 0.25) is 0 Å². The molecule has 37 heavy (non-hydrogen) atoms. The van der Waals surface area contributed by atoms with E-state index in [1.165, 1.54) is 35.9 Å². The third-order valence-electron chi connectivity index (χ3n) is 6.50. The Morgan fingerprint density at radius 1 is 1.08 bits per heavy atom. The molecule has 0 bridgehead atoms. The zero-order valence-corrected chi connectivity index (χ0v) is 21.5. The molecular weight excluding hydrogens is 493 g/mol. The summed E-state index contributed by atoms with van der Waals surface area (Å²) in [6, 6.07) is 18.0. The quantitative estimate of drug-likeness (QED) is 0.395. The number of para-hydroxylation sites is 1. The summed E-state index contributed by atoms with van der Waals surface area (Å²) in [4.78, 5) is 29.2. The van der Waals surface area contributed by atoms with Crippen molar-refractivity contribution in [1.29, 1.82) is 0 Å². The first-order valence-corrected chi connectivity index (χ1v) is 12.7. The van der Waals surface area contributed by atoms with Gasteiger partial charge in [-0.25, -0.2) is 4.39 Å². The van der Waals surface area contributed by atoms with Crippen LogP contribution in [0.1, 0.15) is 17.2 Å². The summed E-state index contributed by atoms with van der Waals surface area (Å²) in [5, 5.41) is 4.70. The second-order valence-corrected chi connectivity index (χ2v) is 9.60. The van der Waals surface area contributed by atoms with Crippen LogP contribution in [0, 0.1) is 5.82 Å². The van der Waals surface area contributed by atoms with Gasteiger partial charge < -0.3 is 19.4 Å². The largest absolute Gasteiger partial charge is 0.497 e. The van der Waals surface area contributed by atoms with Crippen LogP contribution in [-0.2, 0) is 23.2 Å². The van der Waals surface area contributed by atoms with Crippen LogP contribution in [0.3, 0.4) is 0 Å². The van der Waals surface area contributed by atoms with Gasteiger partial charge in [0.2, 0.25) is 11.8 Å². The summed E-state index contributed by atoms with van der Waals surface area (Å²) >= 11 is 1.41. The molecule has 5 rings (SSSR count). The van der Waals surface area contributed by atoms with E-state index < -0.39 is 6.04 Å². The lowest BCUT2D eigenvalue weighted by molar-refractivity contribution is -0.125. The summed E-state index contributed by atoms with van der Waals surface area (Å²) in [5.41, 5.74) is 2.89. The highest BCUT2D eigenvalue weighted by atomic mass is 32.2. The number of nitrogens with one attached hydrogen (secondary N) is 1. The third-order valence-corrected chi connectivity index (χ3v) is 7.66. The first-order valence-electron chi connectivity index (χ1n) is 11.7. The van der Waals surface area contributed by atoms with Crippen LogP contribution in [0.4, 0.5) is 10.1 Å². The molecule has 190 valence electrons. The number of carbonyl (C=O) groups is 2. The molecule has 0 fully saturated rings. The van der Waals surface area contributed by atoms with Gasteiger partial charge in [0.15, 0.2) is 0 Å². The molecule has 1 N–H and O–H groups in total. The van der Waals surface area contributed by atoms with Crippen molar-refractivity contribution in [2.24, 2.45) is 7.05 Å². The lowest BCUT2D eigenvalue weighted by Crippen LogP contribution is -2.44. The SMILES string of the molecule is COc1ccc(OC)c(N2C(=O)CSc3c(c4ccccc4n3C)[C@H]2C(=O)NCc2ccc(F)cc2)c1. The fourth-order valence-corrected chi connectivity index (χ4v) is 5.77. The molecule has 0 saturated carbocycles. The molecule has 0 saturated heterocycles. The molecule has 1 aliphatic rings. The number of rotatable bonds is 6. The number of carbonyl (C=O) groups excluding carboxylic acids is 2. The highest BCUT2D eigenvalue weighted by Gasteiger charge is 2.40.